The highest BCUT2D eigenvalue weighted by Gasteiger charge is 2.51. The van der Waals surface area contributed by atoms with Crippen LogP contribution in [0.15, 0.2) is 70.1 Å². The number of halogens is 1. The van der Waals surface area contributed by atoms with Gasteiger partial charge in [-0.3, -0.25) is 28.9 Å². The van der Waals surface area contributed by atoms with E-state index in [9.17, 15) is 49.2 Å². The maximum absolute atomic E-state index is 16.3. The van der Waals surface area contributed by atoms with Crippen LogP contribution >= 0.6 is 0 Å². The standard InChI is InChI=1S/C58H70FN5O16/c1-27-13-12-14-28(2)56(72)60-39-24-40(66)42-43(51(39)71)49(69)33(7)53-44(42)55(58(9,80-53)77-21-17-41(75-10)30(4)52(79-34(8)65)32(6)48(68)31(5)47(27)67)61-78-22-20-62-18-19-63(25-29(62)3)46-38(59)23-36-45(54(46)76-11)64(35-15-16-35)26-37(50(36)70)57(73)74/h12-14,17,21,23-24,26-27,29-32,35,41,47-48,52,67-69H,15-16,18-20,22,25H2,1-11H3,(H,60,72)(H,73,74)/b13-12+,21-17+,28-14-,61-55-/t27-,29?,30+,31+,32+,41-,47-,48+,52+,58-/m0/s1. The second kappa shape index (κ2) is 23.4. The van der Waals surface area contributed by atoms with Crippen molar-refractivity contribution >= 4 is 51.7 Å². The second-order valence-corrected chi connectivity index (χ2v) is 21.6. The summed E-state index contributed by atoms with van der Waals surface area (Å²) in [7, 11) is 2.82. The Labute approximate surface area is 461 Å². The lowest BCUT2D eigenvalue weighted by Crippen LogP contribution is -2.53. The lowest BCUT2D eigenvalue weighted by molar-refractivity contribution is -0.160. The molecule has 22 heteroatoms. The fourth-order valence-electron chi connectivity index (χ4n) is 11.3. The molecule has 1 unspecified atom stereocenters. The third-order valence-electron chi connectivity index (χ3n) is 16.1. The molecule has 1 saturated heterocycles. The number of pyridine rings is 1. The lowest BCUT2D eigenvalue weighted by atomic mass is 9.78. The first-order chi connectivity index (χ1) is 37.8. The van der Waals surface area contributed by atoms with Gasteiger partial charge in [-0.05, 0) is 45.8 Å². The van der Waals surface area contributed by atoms with Crippen molar-refractivity contribution in [1.29, 1.82) is 0 Å². The number of carbonyl (C=O) groups excluding carboxylic acids is 4. The largest absolute Gasteiger partial charge is 0.507 e. The number of aliphatic hydroxyl groups excluding tert-OH is 2. The number of aromatic carboxylic acids is 1. The highest BCUT2D eigenvalue weighted by atomic mass is 19.1. The van der Waals surface area contributed by atoms with Crippen LogP contribution in [0.1, 0.15) is 116 Å². The molecule has 6 aliphatic rings. The van der Waals surface area contributed by atoms with E-state index in [2.05, 4.69) is 15.4 Å². The normalized spacial score (nSPS) is 29.7. The zero-order chi connectivity index (χ0) is 58.4. The van der Waals surface area contributed by atoms with Crippen molar-refractivity contribution in [2.75, 3.05) is 51.9 Å². The first kappa shape index (κ1) is 58.7. The molecule has 430 valence electrons. The van der Waals surface area contributed by atoms with Crippen LogP contribution in [-0.2, 0) is 28.6 Å². The number of methoxy groups -OCH3 is 2. The first-order valence-electron chi connectivity index (χ1n) is 26.7. The minimum atomic E-state index is -1.93. The number of esters is 1. The number of hydrogen-bond acceptors (Lipinski definition) is 18. The van der Waals surface area contributed by atoms with Gasteiger partial charge in [-0.25, -0.2) is 9.18 Å². The number of Topliss-reactive ketones (excluding diaryl/α,β-unsaturated/α-hetero) is 1. The molecule has 1 aromatic heterocycles. The minimum Gasteiger partial charge on any atom is -0.507 e. The fraction of sp³-hybridized carbons (Fsp3) is 0.500. The predicted octanol–water partition coefficient (Wildman–Crippen LogP) is 5.87. The number of oxime groups is 1. The van der Waals surface area contributed by atoms with Crippen LogP contribution in [0, 0.1) is 36.4 Å². The van der Waals surface area contributed by atoms with Gasteiger partial charge in [-0.1, -0.05) is 51.1 Å². The van der Waals surface area contributed by atoms with Crippen LogP contribution in [0.5, 0.6) is 17.2 Å². The summed E-state index contributed by atoms with van der Waals surface area (Å²) in [5.74, 6) is -10.2. The van der Waals surface area contributed by atoms with E-state index in [4.69, 9.17) is 28.5 Å². The van der Waals surface area contributed by atoms with Crippen molar-refractivity contribution < 1.29 is 77.3 Å². The van der Waals surface area contributed by atoms with Crippen LogP contribution in [-0.4, -0.2) is 148 Å². The molecule has 1 amide bonds. The van der Waals surface area contributed by atoms with E-state index in [1.807, 2.05) is 11.8 Å². The molecule has 5 bridgehead atoms. The molecule has 10 atom stereocenters. The zero-order valence-corrected chi connectivity index (χ0v) is 46.7. The van der Waals surface area contributed by atoms with Crippen molar-refractivity contribution in [3.63, 3.8) is 0 Å². The molecule has 2 aromatic carbocycles. The number of carboxylic acid groups (broad SMARTS) is 1. The number of aliphatic hydroxyl groups is 2. The van der Waals surface area contributed by atoms with Crippen LogP contribution < -0.4 is 25.1 Å². The molecule has 5 heterocycles. The lowest BCUT2D eigenvalue weighted by Gasteiger charge is -2.41. The maximum atomic E-state index is 16.3. The smallest absolute Gasteiger partial charge is 0.341 e. The second-order valence-electron chi connectivity index (χ2n) is 21.6. The number of fused-ring (bicyclic) bond motifs is 15. The van der Waals surface area contributed by atoms with Gasteiger partial charge in [0.25, 0.3) is 11.7 Å². The molecule has 4 aliphatic heterocycles. The molecular formula is C58H70FN5O16. The molecule has 80 heavy (non-hydrogen) atoms. The number of aromatic hydroxyl groups is 1. The molecule has 2 aliphatic carbocycles. The summed E-state index contributed by atoms with van der Waals surface area (Å²) in [6.45, 7) is 15.8. The van der Waals surface area contributed by atoms with E-state index < -0.39 is 117 Å². The Morgan fingerprint density at radius 2 is 1.68 bits per heavy atom. The number of hydrogen-bond donors (Lipinski definition) is 5. The van der Waals surface area contributed by atoms with Gasteiger partial charge < -0.3 is 63.7 Å². The van der Waals surface area contributed by atoms with E-state index in [0.29, 0.717) is 25.2 Å². The molecule has 3 aromatic rings. The monoisotopic (exact) mass is 1110 g/mol. The third-order valence-corrected chi connectivity index (χ3v) is 16.1. The number of benzene rings is 2. The average Bonchev–Trinajstić information content (AvgIpc) is 4.30. The van der Waals surface area contributed by atoms with Crippen molar-refractivity contribution in [3.05, 3.63) is 104 Å². The number of amides is 1. The number of allylic oxidation sites excluding steroid dienone is 4. The number of ether oxygens (including phenoxy) is 5. The number of carbonyl (C=O) groups is 5. The van der Waals surface area contributed by atoms with Crippen molar-refractivity contribution in [3.8, 4) is 17.2 Å². The highest BCUT2D eigenvalue weighted by molar-refractivity contribution is 6.31. The van der Waals surface area contributed by atoms with Crippen LogP contribution in [0.2, 0.25) is 0 Å². The number of phenols is 1. The highest BCUT2D eigenvalue weighted by Crippen LogP contribution is 2.49. The Morgan fingerprint density at radius 3 is 2.31 bits per heavy atom. The van der Waals surface area contributed by atoms with Gasteiger partial charge in [0.15, 0.2) is 23.1 Å². The van der Waals surface area contributed by atoms with E-state index >= 15 is 4.39 Å². The Hall–Kier alpha value is -7.40. The Bertz CT molecular complexity index is 3230. The number of nitrogens with zero attached hydrogens (tertiary/aromatic N) is 4. The van der Waals surface area contributed by atoms with Crippen LogP contribution in [0.3, 0.4) is 0 Å². The number of aromatic nitrogens is 1. The van der Waals surface area contributed by atoms with E-state index in [1.54, 1.807) is 44.4 Å². The van der Waals surface area contributed by atoms with E-state index in [0.717, 1.165) is 25.0 Å². The molecule has 5 N–H and O–H groups in total. The van der Waals surface area contributed by atoms with Crippen molar-refractivity contribution in [1.82, 2.24) is 14.8 Å². The number of piperazine rings is 1. The van der Waals surface area contributed by atoms with Gasteiger partial charge in [0.05, 0.1) is 65.0 Å². The van der Waals surface area contributed by atoms with Gasteiger partial charge in [0, 0.05) is 106 Å². The minimum absolute atomic E-state index is 0.0127. The summed E-state index contributed by atoms with van der Waals surface area (Å²) >= 11 is 0. The SMILES string of the molecule is COc1c(N2CCN(CCO/N=C3/c4c5c(C)c(O)c6c4C(=O)C=C(NC(=O)/C(C)=C\C=C\[C@H](C)[C@H](O)[C@@H](C)[C@@H](O)[C@@H](C)[C@H](OC(C)=O)[C@H](C)[C@@H](OC)/C=C/O[C@@]3(C)O5)C6=O)C(C)C2)c(F)cc2c(=O)c(C(=O)O)cn(C3CC3)c12. The summed E-state index contributed by atoms with van der Waals surface area (Å²) in [5, 5.41) is 51.5. The molecule has 2 fully saturated rings. The molecule has 0 spiro atoms. The predicted molar refractivity (Wildman–Crippen MR) is 291 cm³/mol. The number of anilines is 1. The summed E-state index contributed by atoms with van der Waals surface area (Å²) in [6.07, 6.45) is 7.16. The van der Waals surface area contributed by atoms with Gasteiger partial charge >= 0.3 is 11.9 Å². The van der Waals surface area contributed by atoms with Crippen molar-refractivity contribution in [2.24, 2.45) is 28.8 Å². The fourth-order valence-corrected chi connectivity index (χ4v) is 11.3. The average molecular weight is 1110 g/mol. The van der Waals surface area contributed by atoms with Crippen LogP contribution in [0.25, 0.3) is 10.9 Å². The third kappa shape index (κ3) is 11.1. The number of carboxylic acids is 1. The molecule has 21 nitrogen and oxygen atoms in total. The summed E-state index contributed by atoms with van der Waals surface area (Å²) in [6, 6.07) is 0.793. The van der Waals surface area contributed by atoms with Gasteiger partial charge in [-0.15, -0.1) is 0 Å². The molecule has 9 rings (SSSR count). The van der Waals surface area contributed by atoms with E-state index in [-0.39, 0.29) is 75.8 Å². The zero-order valence-electron chi connectivity index (χ0n) is 46.7. The number of rotatable bonds is 10. The number of nitrogens with one attached hydrogen (secondary N) is 1. The van der Waals surface area contributed by atoms with Crippen molar-refractivity contribution in [2.45, 2.75) is 117 Å². The summed E-state index contributed by atoms with van der Waals surface area (Å²) < 4.78 is 48.4. The van der Waals surface area contributed by atoms with Gasteiger partial charge in [0.2, 0.25) is 11.2 Å². The number of phenolic OH excluding ortho intramolecular Hbond substituents is 1. The quantitative estimate of drug-likeness (QED) is 0.0901. The number of ketones is 2. The van der Waals surface area contributed by atoms with Crippen LogP contribution in [0.4, 0.5) is 10.1 Å². The van der Waals surface area contributed by atoms with E-state index in [1.165, 1.54) is 66.5 Å². The van der Waals surface area contributed by atoms with Gasteiger partial charge in [-0.2, -0.15) is 0 Å². The maximum Gasteiger partial charge on any atom is 0.341 e. The molecule has 0 radical (unpaired) electrons. The summed E-state index contributed by atoms with van der Waals surface area (Å²) in [5.41, 5.74) is -1.84. The summed E-state index contributed by atoms with van der Waals surface area (Å²) in [4.78, 5) is 90.2. The Kier molecular flexibility index (Phi) is 17.2. The molecule has 1 saturated carbocycles. The van der Waals surface area contributed by atoms with Gasteiger partial charge in [0.1, 0.15) is 35.5 Å². The topological polar surface area (TPSA) is 275 Å². The first-order valence-corrected chi connectivity index (χ1v) is 26.7. The Morgan fingerprint density at radius 1 is 0.963 bits per heavy atom. The Balaban J connectivity index is 1.11. The molecular weight excluding hydrogens is 1040 g/mol.